The smallest absolute Gasteiger partial charge is 0.402 e. The average molecular weight is 241 g/mol. The van der Waals surface area contributed by atoms with Crippen LogP contribution >= 0.6 is 0 Å². The molecule has 16 heavy (non-hydrogen) atoms. The zero-order valence-electron chi connectivity index (χ0n) is 9.55. The van der Waals surface area contributed by atoms with Crippen LogP contribution in [0.25, 0.3) is 0 Å². The minimum atomic E-state index is -4.64. The van der Waals surface area contributed by atoms with E-state index in [0.29, 0.717) is 6.54 Å². The molecule has 3 nitrogen and oxygen atoms in total. The first-order chi connectivity index (χ1) is 7.32. The van der Waals surface area contributed by atoms with Crippen molar-refractivity contribution >= 4 is 5.97 Å². The predicted octanol–water partition coefficient (Wildman–Crippen LogP) is 2.37. The summed E-state index contributed by atoms with van der Waals surface area (Å²) in [5.74, 6) is -4.02. The summed E-state index contributed by atoms with van der Waals surface area (Å²) in [5, 5.41) is 8.45. The lowest BCUT2D eigenvalue weighted by Gasteiger charge is -2.20. The lowest BCUT2D eigenvalue weighted by molar-refractivity contribution is -0.194. The SMILES string of the molecule is CCN(CC)CCC[C@H](C(=O)O)C(F)(F)F. The number of nitrogens with zero attached hydrogens (tertiary/aromatic N) is 1. The van der Waals surface area contributed by atoms with Crippen molar-refractivity contribution in [3.63, 3.8) is 0 Å². The summed E-state index contributed by atoms with van der Waals surface area (Å²) in [6.45, 7) is 5.87. The lowest BCUT2D eigenvalue weighted by Crippen LogP contribution is -2.32. The first-order valence-electron chi connectivity index (χ1n) is 5.34. The van der Waals surface area contributed by atoms with Crippen molar-refractivity contribution in [2.24, 2.45) is 5.92 Å². The van der Waals surface area contributed by atoms with Crippen LogP contribution in [0.15, 0.2) is 0 Å². The monoisotopic (exact) mass is 241 g/mol. The Kier molecular flexibility index (Phi) is 6.40. The highest BCUT2D eigenvalue weighted by atomic mass is 19.4. The number of carbonyl (C=O) groups is 1. The molecule has 96 valence electrons. The molecule has 1 atom stereocenters. The summed E-state index contributed by atoms with van der Waals surface area (Å²) >= 11 is 0. The van der Waals surface area contributed by atoms with E-state index in [4.69, 9.17) is 5.11 Å². The summed E-state index contributed by atoms with van der Waals surface area (Å²) in [4.78, 5) is 12.4. The summed E-state index contributed by atoms with van der Waals surface area (Å²) < 4.78 is 36.8. The summed E-state index contributed by atoms with van der Waals surface area (Å²) in [6.07, 6.45) is -4.75. The molecule has 0 saturated heterocycles. The molecule has 0 aromatic heterocycles. The van der Waals surface area contributed by atoms with Crippen LogP contribution in [-0.4, -0.2) is 41.8 Å². The summed E-state index contributed by atoms with van der Waals surface area (Å²) in [5.41, 5.74) is 0. The number of rotatable bonds is 7. The number of carboxylic acids is 1. The molecule has 0 saturated carbocycles. The topological polar surface area (TPSA) is 40.5 Å². The molecule has 0 rings (SSSR count). The van der Waals surface area contributed by atoms with Gasteiger partial charge in [-0.25, -0.2) is 0 Å². The van der Waals surface area contributed by atoms with E-state index in [-0.39, 0.29) is 12.8 Å². The van der Waals surface area contributed by atoms with Gasteiger partial charge in [-0.2, -0.15) is 13.2 Å². The van der Waals surface area contributed by atoms with Gasteiger partial charge in [0.05, 0.1) is 0 Å². The van der Waals surface area contributed by atoms with Crippen LogP contribution in [0.5, 0.6) is 0 Å². The molecule has 0 aliphatic rings. The van der Waals surface area contributed by atoms with Gasteiger partial charge in [0, 0.05) is 0 Å². The van der Waals surface area contributed by atoms with Gasteiger partial charge in [0.15, 0.2) is 5.92 Å². The minimum Gasteiger partial charge on any atom is -0.481 e. The molecule has 0 aliphatic heterocycles. The van der Waals surface area contributed by atoms with Crippen LogP contribution in [0, 0.1) is 5.92 Å². The molecule has 0 amide bonds. The number of alkyl halides is 3. The average Bonchev–Trinajstić information content (AvgIpc) is 2.15. The van der Waals surface area contributed by atoms with E-state index in [0.717, 1.165) is 13.1 Å². The van der Waals surface area contributed by atoms with Crippen LogP contribution in [0.4, 0.5) is 13.2 Å². The van der Waals surface area contributed by atoms with Crippen molar-refractivity contribution < 1.29 is 23.1 Å². The van der Waals surface area contributed by atoms with Gasteiger partial charge >= 0.3 is 12.1 Å². The van der Waals surface area contributed by atoms with E-state index in [1.807, 2.05) is 18.7 Å². The molecule has 0 aliphatic carbocycles. The number of halogens is 3. The van der Waals surface area contributed by atoms with Gasteiger partial charge in [-0.05, 0) is 32.5 Å². The molecule has 0 aromatic rings. The molecule has 0 unspecified atom stereocenters. The van der Waals surface area contributed by atoms with Gasteiger partial charge in [-0.15, -0.1) is 0 Å². The largest absolute Gasteiger partial charge is 0.481 e. The molecule has 0 fully saturated rings. The van der Waals surface area contributed by atoms with Crippen molar-refractivity contribution in [2.75, 3.05) is 19.6 Å². The maximum Gasteiger partial charge on any atom is 0.402 e. The Labute approximate surface area is 93.2 Å². The molecule has 0 spiro atoms. The van der Waals surface area contributed by atoms with Crippen molar-refractivity contribution in [2.45, 2.75) is 32.9 Å². The molecule has 0 heterocycles. The normalized spacial score (nSPS) is 14.1. The summed E-state index contributed by atoms with van der Waals surface area (Å²) in [7, 11) is 0. The van der Waals surface area contributed by atoms with Crippen LogP contribution < -0.4 is 0 Å². The molecule has 6 heteroatoms. The van der Waals surface area contributed by atoms with Crippen LogP contribution in [-0.2, 0) is 4.79 Å². The molecule has 0 bridgehead atoms. The zero-order valence-corrected chi connectivity index (χ0v) is 9.55. The van der Waals surface area contributed by atoms with Crippen molar-refractivity contribution in [1.82, 2.24) is 4.90 Å². The molecular formula is C10H18F3NO2. The third kappa shape index (κ3) is 5.34. The van der Waals surface area contributed by atoms with Gasteiger partial charge in [0.2, 0.25) is 0 Å². The van der Waals surface area contributed by atoms with Gasteiger partial charge in [0.25, 0.3) is 0 Å². The summed E-state index contributed by atoms with van der Waals surface area (Å²) in [6, 6.07) is 0. The van der Waals surface area contributed by atoms with E-state index >= 15 is 0 Å². The van der Waals surface area contributed by atoms with Crippen LogP contribution in [0.2, 0.25) is 0 Å². The van der Waals surface area contributed by atoms with E-state index in [1.165, 1.54) is 0 Å². The Balaban J connectivity index is 4.09. The van der Waals surface area contributed by atoms with Crippen LogP contribution in [0.3, 0.4) is 0 Å². The maximum atomic E-state index is 12.3. The second kappa shape index (κ2) is 6.73. The van der Waals surface area contributed by atoms with E-state index in [1.54, 1.807) is 0 Å². The fourth-order valence-electron chi connectivity index (χ4n) is 1.49. The Morgan fingerprint density at radius 1 is 1.31 bits per heavy atom. The fraction of sp³-hybridized carbons (Fsp3) is 0.900. The Bertz CT molecular complexity index is 215. The van der Waals surface area contributed by atoms with Crippen molar-refractivity contribution in [3.8, 4) is 0 Å². The quantitative estimate of drug-likeness (QED) is 0.744. The van der Waals surface area contributed by atoms with E-state index < -0.39 is 18.1 Å². The maximum absolute atomic E-state index is 12.3. The third-order valence-corrected chi connectivity index (χ3v) is 2.55. The lowest BCUT2D eigenvalue weighted by atomic mass is 10.0. The van der Waals surface area contributed by atoms with Crippen molar-refractivity contribution in [1.29, 1.82) is 0 Å². The standard InChI is InChI=1S/C10H18F3NO2/c1-3-14(4-2)7-5-6-8(9(15)16)10(11,12)13/h8H,3-7H2,1-2H3,(H,15,16)/t8-/m1/s1. The fourth-order valence-corrected chi connectivity index (χ4v) is 1.49. The first-order valence-corrected chi connectivity index (χ1v) is 5.34. The van der Waals surface area contributed by atoms with Gasteiger partial charge in [-0.3, -0.25) is 4.79 Å². The minimum absolute atomic E-state index is 0.248. The first kappa shape index (κ1) is 15.2. The van der Waals surface area contributed by atoms with Gasteiger partial charge in [-0.1, -0.05) is 13.8 Å². The molecular weight excluding hydrogens is 223 g/mol. The van der Waals surface area contributed by atoms with Gasteiger partial charge in [0.1, 0.15) is 0 Å². The highest BCUT2D eigenvalue weighted by Crippen LogP contribution is 2.29. The Morgan fingerprint density at radius 2 is 1.81 bits per heavy atom. The second-order valence-corrected chi connectivity index (χ2v) is 3.60. The van der Waals surface area contributed by atoms with Gasteiger partial charge < -0.3 is 10.0 Å². The highest BCUT2D eigenvalue weighted by Gasteiger charge is 2.44. The van der Waals surface area contributed by atoms with Crippen LogP contribution in [0.1, 0.15) is 26.7 Å². The second-order valence-electron chi connectivity index (χ2n) is 3.60. The number of carboxylic acid groups (broad SMARTS) is 1. The number of hydrogen-bond acceptors (Lipinski definition) is 2. The number of aliphatic carboxylic acids is 1. The number of hydrogen-bond donors (Lipinski definition) is 1. The van der Waals surface area contributed by atoms with Crippen molar-refractivity contribution in [3.05, 3.63) is 0 Å². The molecule has 0 radical (unpaired) electrons. The zero-order chi connectivity index (χ0) is 12.8. The molecule has 1 N–H and O–H groups in total. The third-order valence-electron chi connectivity index (χ3n) is 2.55. The Morgan fingerprint density at radius 3 is 2.12 bits per heavy atom. The molecule has 0 aromatic carbocycles. The van der Waals surface area contributed by atoms with E-state index in [9.17, 15) is 18.0 Å². The highest BCUT2D eigenvalue weighted by molar-refractivity contribution is 5.70. The Hall–Kier alpha value is -0.780. The predicted molar refractivity (Wildman–Crippen MR) is 54.2 cm³/mol. The van der Waals surface area contributed by atoms with E-state index in [2.05, 4.69) is 0 Å².